The zero-order valence-electron chi connectivity index (χ0n) is 13.7. The number of rotatable bonds is 3. The Morgan fingerprint density at radius 3 is 2.73 bits per heavy atom. The van der Waals surface area contributed by atoms with Crippen molar-refractivity contribution >= 4 is 49.6 Å². The van der Waals surface area contributed by atoms with Gasteiger partial charge in [0.25, 0.3) is 5.56 Å². The van der Waals surface area contributed by atoms with E-state index in [0.717, 1.165) is 9.86 Å². The maximum absolute atomic E-state index is 12.5. The smallest absolute Gasteiger partial charge is 0.294 e. The van der Waals surface area contributed by atoms with Gasteiger partial charge in [0, 0.05) is 15.4 Å². The average Bonchev–Trinajstić information content (AvgIpc) is 3.00. The molecule has 2 aromatic carbocycles. The molecule has 0 aliphatic carbocycles. The van der Waals surface area contributed by atoms with Crippen LogP contribution in [0.4, 0.5) is 0 Å². The number of benzene rings is 2. The second-order valence-corrected chi connectivity index (χ2v) is 6.79. The number of ether oxygens (including phenoxy) is 2. The van der Waals surface area contributed by atoms with Crippen molar-refractivity contribution in [3.05, 3.63) is 50.2 Å². The summed E-state index contributed by atoms with van der Waals surface area (Å²) in [6.45, 7) is 0. The summed E-state index contributed by atoms with van der Waals surface area (Å²) in [5.74, 6) is 1.17. The first-order valence-electron chi connectivity index (χ1n) is 7.56. The standard InChI is InChI=1S/C18H12BrClN2O4/c1-24-12-6-4-9(13(20)15(12)25-2)17-21-14-10-7-8(19)3-5-11(10)26-16(14)18(23)22-17/h3-7H,1-2H3,(H,21,22,23). The van der Waals surface area contributed by atoms with Crippen LogP contribution in [-0.2, 0) is 0 Å². The third-order valence-electron chi connectivity index (χ3n) is 4.03. The van der Waals surface area contributed by atoms with Crippen LogP contribution < -0.4 is 15.0 Å². The van der Waals surface area contributed by atoms with E-state index in [1.165, 1.54) is 14.2 Å². The van der Waals surface area contributed by atoms with Gasteiger partial charge in [-0.05, 0) is 30.3 Å². The van der Waals surface area contributed by atoms with Crippen LogP contribution in [0.25, 0.3) is 33.5 Å². The van der Waals surface area contributed by atoms with Gasteiger partial charge in [0.15, 0.2) is 11.5 Å². The molecule has 0 bridgehead atoms. The van der Waals surface area contributed by atoms with Crippen molar-refractivity contribution in [3.63, 3.8) is 0 Å². The highest BCUT2D eigenvalue weighted by molar-refractivity contribution is 9.10. The van der Waals surface area contributed by atoms with Gasteiger partial charge in [0.1, 0.15) is 16.9 Å². The van der Waals surface area contributed by atoms with Crippen LogP contribution >= 0.6 is 27.5 Å². The lowest BCUT2D eigenvalue weighted by Crippen LogP contribution is -2.08. The lowest BCUT2D eigenvalue weighted by atomic mass is 10.1. The van der Waals surface area contributed by atoms with Crippen molar-refractivity contribution in [3.8, 4) is 22.9 Å². The third-order valence-corrected chi connectivity index (χ3v) is 4.89. The van der Waals surface area contributed by atoms with Crippen LogP contribution in [0.5, 0.6) is 11.5 Å². The topological polar surface area (TPSA) is 77.4 Å². The van der Waals surface area contributed by atoms with Gasteiger partial charge in [-0.15, -0.1) is 0 Å². The van der Waals surface area contributed by atoms with Gasteiger partial charge in [0.05, 0.1) is 19.2 Å². The number of furan rings is 1. The molecule has 0 radical (unpaired) electrons. The fourth-order valence-electron chi connectivity index (χ4n) is 2.83. The Kier molecular flexibility index (Phi) is 4.13. The number of nitrogens with one attached hydrogen (secondary N) is 1. The zero-order valence-corrected chi connectivity index (χ0v) is 16.1. The van der Waals surface area contributed by atoms with E-state index >= 15 is 0 Å². The first-order valence-corrected chi connectivity index (χ1v) is 8.73. The molecule has 0 spiro atoms. The van der Waals surface area contributed by atoms with Crippen molar-refractivity contribution in [1.29, 1.82) is 0 Å². The Labute approximate surface area is 160 Å². The van der Waals surface area contributed by atoms with Crippen LogP contribution in [0.15, 0.2) is 44.0 Å². The van der Waals surface area contributed by atoms with Crippen molar-refractivity contribution in [2.75, 3.05) is 14.2 Å². The van der Waals surface area contributed by atoms with Crippen LogP contribution in [0, 0.1) is 0 Å². The number of methoxy groups -OCH3 is 2. The molecule has 6 nitrogen and oxygen atoms in total. The highest BCUT2D eigenvalue weighted by Gasteiger charge is 2.19. The highest BCUT2D eigenvalue weighted by Crippen LogP contribution is 2.41. The minimum atomic E-state index is -0.386. The Morgan fingerprint density at radius 1 is 1.19 bits per heavy atom. The fraction of sp³-hybridized carbons (Fsp3) is 0.111. The second kappa shape index (κ2) is 6.34. The summed E-state index contributed by atoms with van der Waals surface area (Å²) >= 11 is 9.87. The number of fused-ring (bicyclic) bond motifs is 3. The molecule has 2 aromatic heterocycles. The zero-order chi connectivity index (χ0) is 18.4. The molecule has 26 heavy (non-hydrogen) atoms. The van der Waals surface area contributed by atoms with E-state index in [1.54, 1.807) is 18.2 Å². The average molecular weight is 436 g/mol. The van der Waals surface area contributed by atoms with Gasteiger partial charge in [-0.25, -0.2) is 4.98 Å². The largest absolute Gasteiger partial charge is 0.493 e. The maximum atomic E-state index is 12.5. The van der Waals surface area contributed by atoms with E-state index in [1.807, 2.05) is 12.1 Å². The summed E-state index contributed by atoms with van der Waals surface area (Å²) in [5.41, 5.74) is 1.34. The van der Waals surface area contributed by atoms with Crippen molar-refractivity contribution in [1.82, 2.24) is 9.97 Å². The normalized spacial score (nSPS) is 11.2. The molecule has 8 heteroatoms. The molecule has 0 amide bonds. The SMILES string of the molecule is COc1ccc(-c2nc3c(oc4ccc(Br)cc43)c(=O)[nH]2)c(Cl)c1OC. The molecule has 0 saturated heterocycles. The fourth-order valence-corrected chi connectivity index (χ4v) is 3.51. The number of halogens is 2. The highest BCUT2D eigenvalue weighted by atomic mass is 79.9. The van der Waals surface area contributed by atoms with Crippen molar-refractivity contribution in [2.24, 2.45) is 0 Å². The minimum absolute atomic E-state index is 0.165. The first kappa shape index (κ1) is 16.9. The Hall–Kier alpha value is -2.51. The number of aromatic amines is 1. The van der Waals surface area contributed by atoms with E-state index in [-0.39, 0.29) is 11.1 Å². The summed E-state index contributed by atoms with van der Waals surface area (Å²) in [4.78, 5) is 19.8. The molecule has 4 rings (SSSR count). The summed E-state index contributed by atoms with van der Waals surface area (Å²) in [5, 5.41) is 1.03. The number of hydrogen-bond acceptors (Lipinski definition) is 5. The van der Waals surface area contributed by atoms with E-state index in [4.69, 9.17) is 25.5 Å². The van der Waals surface area contributed by atoms with E-state index < -0.39 is 0 Å². The van der Waals surface area contributed by atoms with Crippen LogP contribution in [0.3, 0.4) is 0 Å². The maximum Gasteiger partial charge on any atom is 0.294 e. The van der Waals surface area contributed by atoms with Crippen LogP contribution in [-0.4, -0.2) is 24.2 Å². The monoisotopic (exact) mass is 434 g/mol. The summed E-state index contributed by atoms with van der Waals surface area (Å²) in [6.07, 6.45) is 0. The Balaban J connectivity index is 2.03. The lowest BCUT2D eigenvalue weighted by molar-refractivity contribution is 0.355. The Morgan fingerprint density at radius 2 is 2.00 bits per heavy atom. The third kappa shape index (κ3) is 2.55. The van der Waals surface area contributed by atoms with Gasteiger partial charge < -0.3 is 18.9 Å². The molecule has 0 fully saturated rings. The van der Waals surface area contributed by atoms with Crippen molar-refractivity contribution in [2.45, 2.75) is 0 Å². The van der Waals surface area contributed by atoms with Gasteiger partial charge in [-0.2, -0.15) is 0 Å². The van der Waals surface area contributed by atoms with Crippen LogP contribution in [0.2, 0.25) is 5.02 Å². The second-order valence-electron chi connectivity index (χ2n) is 5.50. The van der Waals surface area contributed by atoms with E-state index in [9.17, 15) is 4.79 Å². The van der Waals surface area contributed by atoms with Gasteiger partial charge in [-0.1, -0.05) is 27.5 Å². The predicted molar refractivity (Wildman–Crippen MR) is 103 cm³/mol. The molecule has 0 aliphatic rings. The number of H-pyrrole nitrogens is 1. The van der Waals surface area contributed by atoms with Gasteiger partial charge >= 0.3 is 0 Å². The Bertz CT molecular complexity index is 1220. The van der Waals surface area contributed by atoms with E-state index in [2.05, 4.69) is 25.9 Å². The number of nitrogens with zero attached hydrogens (tertiary/aromatic N) is 1. The van der Waals surface area contributed by atoms with Crippen LogP contribution in [0.1, 0.15) is 0 Å². The summed E-state index contributed by atoms with van der Waals surface area (Å²) in [6, 6.07) is 8.89. The molecule has 1 N–H and O–H groups in total. The molecule has 0 aliphatic heterocycles. The molecule has 2 heterocycles. The molecular weight excluding hydrogens is 424 g/mol. The summed E-state index contributed by atoms with van der Waals surface area (Å²) < 4.78 is 17.1. The molecule has 4 aromatic rings. The predicted octanol–water partition coefficient (Wildman–Crippen LogP) is 4.77. The minimum Gasteiger partial charge on any atom is -0.493 e. The van der Waals surface area contributed by atoms with E-state index in [0.29, 0.717) is 39.0 Å². The lowest BCUT2D eigenvalue weighted by Gasteiger charge is -2.12. The van der Waals surface area contributed by atoms with Gasteiger partial charge in [0.2, 0.25) is 5.58 Å². The molecule has 0 saturated carbocycles. The number of aromatic nitrogens is 2. The number of hydrogen-bond donors (Lipinski definition) is 1. The molecule has 132 valence electrons. The molecular formula is C18H12BrClN2O4. The van der Waals surface area contributed by atoms with Gasteiger partial charge in [-0.3, -0.25) is 4.79 Å². The van der Waals surface area contributed by atoms with Crippen molar-refractivity contribution < 1.29 is 13.9 Å². The quantitative estimate of drug-likeness (QED) is 0.501. The first-order chi connectivity index (χ1) is 12.5. The molecule has 0 atom stereocenters. The summed E-state index contributed by atoms with van der Waals surface area (Å²) in [7, 11) is 3.02. The molecule has 0 unspecified atom stereocenters.